The molecule has 0 heterocycles. The van der Waals surface area contributed by atoms with Crippen molar-refractivity contribution in [1.82, 2.24) is 0 Å². The highest BCUT2D eigenvalue weighted by Gasteiger charge is 2.31. The van der Waals surface area contributed by atoms with Gasteiger partial charge in [0.05, 0.1) is 6.10 Å². The van der Waals surface area contributed by atoms with Gasteiger partial charge in [-0.05, 0) is 30.0 Å². The van der Waals surface area contributed by atoms with E-state index in [9.17, 15) is 18.3 Å². The molecule has 0 saturated heterocycles. The largest absolute Gasteiger partial charge is 0.573 e. The number of rotatable bonds is 6. The summed E-state index contributed by atoms with van der Waals surface area (Å²) in [5, 5.41) is 10.0. The van der Waals surface area contributed by atoms with E-state index >= 15 is 0 Å². The van der Waals surface area contributed by atoms with Crippen LogP contribution in [0.5, 0.6) is 5.75 Å². The number of alkyl halides is 3. The van der Waals surface area contributed by atoms with Gasteiger partial charge in [0.2, 0.25) is 0 Å². The highest BCUT2D eigenvalue weighted by Crippen LogP contribution is 2.28. The second-order valence-electron chi connectivity index (χ2n) is 4.55. The van der Waals surface area contributed by atoms with E-state index in [4.69, 9.17) is 0 Å². The average Bonchev–Trinajstić information content (AvgIpc) is 2.34. The maximum atomic E-state index is 12.0. The first kappa shape index (κ1) is 15.8. The van der Waals surface area contributed by atoms with Gasteiger partial charge in [0.15, 0.2) is 0 Å². The van der Waals surface area contributed by atoms with Crippen LogP contribution < -0.4 is 4.74 Å². The summed E-state index contributed by atoms with van der Waals surface area (Å²) in [4.78, 5) is 0. The zero-order valence-corrected chi connectivity index (χ0v) is 11.1. The van der Waals surface area contributed by atoms with E-state index in [0.29, 0.717) is 17.9 Å². The van der Waals surface area contributed by atoms with E-state index in [-0.39, 0.29) is 5.75 Å². The number of halogens is 3. The fourth-order valence-electron chi connectivity index (χ4n) is 1.97. The van der Waals surface area contributed by atoms with Crippen molar-refractivity contribution >= 4 is 0 Å². The van der Waals surface area contributed by atoms with Crippen molar-refractivity contribution in [2.45, 2.75) is 45.6 Å². The van der Waals surface area contributed by atoms with E-state index in [1.165, 1.54) is 24.3 Å². The normalized spacial score (nSPS) is 13.6. The molecule has 1 aromatic carbocycles. The van der Waals surface area contributed by atoms with Gasteiger partial charge in [-0.25, -0.2) is 0 Å². The predicted molar refractivity (Wildman–Crippen MR) is 66.8 cm³/mol. The molecular formula is C14H19F3O2. The van der Waals surface area contributed by atoms with Crippen LogP contribution in [0.4, 0.5) is 13.2 Å². The van der Waals surface area contributed by atoms with E-state index in [0.717, 1.165) is 12.8 Å². The Bertz CT molecular complexity index is 369. The standard InChI is InChI=1S/C14H19F3O2/c1-3-10(4-2)9-13(18)11-5-7-12(8-6-11)19-14(15,16)17/h5-8,10,13,18H,3-4,9H2,1-2H3. The monoisotopic (exact) mass is 276 g/mol. The van der Waals surface area contributed by atoms with Crippen molar-refractivity contribution < 1.29 is 23.0 Å². The Morgan fingerprint density at radius 1 is 1.11 bits per heavy atom. The summed E-state index contributed by atoms with van der Waals surface area (Å²) in [6.45, 7) is 4.11. The fraction of sp³-hybridized carbons (Fsp3) is 0.571. The third-order valence-electron chi connectivity index (χ3n) is 3.21. The summed E-state index contributed by atoms with van der Waals surface area (Å²) >= 11 is 0. The Morgan fingerprint density at radius 2 is 1.63 bits per heavy atom. The minimum absolute atomic E-state index is 0.272. The first-order valence-electron chi connectivity index (χ1n) is 6.39. The van der Waals surface area contributed by atoms with E-state index in [2.05, 4.69) is 18.6 Å². The Morgan fingerprint density at radius 3 is 2.05 bits per heavy atom. The minimum Gasteiger partial charge on any atom is -0.406 e. The lowest BCUT2D eigenvalue weighted by atomic mass is 9.93. The van der Waals surface area contributed by atoms with Gasteiger partial charge >= 0.3 is 6.36 Å². The van der Waals surface area contributed by atoms with E-state index in [1.807, 2.05) is 0 Å². The molecule has 0 fully saturated rings. The smallest absolute Gasteiger partial charge is 0.406 e. The summed E-state index contributed by atoms with van der Waals surface area (Å²) in [5.74, 6) is 0.145. The average molecular weight is 276 g/mol. The lowest BCUT2D eigenvalue weighted by molar-refractivity contribution is -0.274. The predicted octanol–water partition coefficient (Wildman–Crippen LogP) is 4.44. The number of aliphatic hydroxyl groups is 1. The molecule has 1 rings (SSSR count). The molecule has 0 bridgehead atoms. The van der Waals surface area contributed by atoms with Gasteiger partial charge in [0.1, 0.15) is 5.75 Å². The second kappa shape index (κ2) is 6.80. The number of hydrogen-bond donors (Lipinski definition) is 1. The van der Waals surface area contributed by atoms with Crippen LogP contribution in [0, 0.1) is 5.92 Å². The minimum atomic E-state index is -4.68. The van der Waals surface area contributed by atoms with Crippen molar-refractivity contribution in [1.29, 1.82) is 0 Å². The lowest BCUT2D eigenvalue weighted by Gasteiger charge is -2.18. The van der Waals surface area contributed by atoms with E-state index in [1.54, 1.807) is 0 Å². The van der Waals surface area contributed by atoms with Gasteiger partial charge in [-0.3, -0.25) is 0 Å². The molecule has 0 amide bonds. The molecule has 0 radical (unpaired) electrons. The Balaban J connectivity index is 2.65. The lowest BCUT2D eigenvalue weighted by Crippen LogP contribution is -2.17. The summed E-state index contributed by atoms with van der Waals surface area (Å²) in [5.41, 5.74) is 0.612. The van der Waals surface area contributed by atoms with Crippen LogP contribution >= 0.6 is 0 Å². The van der Waals surface area contributed by atoms with E-state index < -0.39 is 12.5 Å². The van der Waals surface area contributed by atoms with Crippen molar-refractivity contribution in [3.05, 3.63) is 29.8 Å². The summed E-state index contributed by atoms with van der Waals surface area (Å²) < 4.78 is 39.8. The molecule has 1 unspecified atom stereocenters. The van der Waals surface area contributed by atoms with Gasteiger partial charge in [0, 0.05) is 0 Å². The molecular weight excluding hydrogens is 257 g/mol. The third kappa shape index (κ3) is 5.51. The molecule has 2 nitrogen and oxygen atoms in total. The number of ether oxygens (including phenoxy) is 1. The summed E-state index contributed by atoms with van der Waals surface area (Å²) in [6, 6.07) is 5.38. The summed E-state index contributed by atoms with van der Waals surface area (Å²) in [6.07, 6.45) is -2.77. The van der Waals surface area contributed by atoms with Crippen molar-refractivity contribution in [3.63, 3.8) is 0 Å². The van der Waals surface area contributed by atoms with Gasteiger partial charge in [-0.15, -0.1) is 13.2 Å². The number of hydrogen-bond acceptors (Lipinski definition) is 2. The van der Waals surface area contributed by atoms with Gasteiger partial charge in [-0.2, -0.15) is 0 Å². The highest BCUT2D eigenvalue weighted by molar-refractivity contribution is 5.28. The molecule has 0 saturated carbocycles. The molecule has 1 atom stereocenters. The molecule has 0 aromatic heterocycles. The van der Waals surface area contributed by atoms with Crippen LogP contribution in [0.15, 0.2) is 24.3 Å². The molecule has 108 valence electrons. The molecule has 0 aliphatic heterocycles. The van der Waals surface area contributed by atoms with Crippen LogP contribution in [0.1, 0.15) is 44.8 Å². The summed E-state index contributed by atoms with van der Waals surface area (Å²) in [7, 11) is 0. The Kier molecular flexibility index (Phi) is 5.66. The third-order valence-corrected chi connectivity index (χ3v) is 3.21. The number of benzene rings is 1. The highest BCUT2D eigenvalue weighted by atomic mass is 19.4. The van der Waals surface area contributed by atoms with Crippen molar-refractivity contribution in [2.24, 2.45) is 5.92 Å². The van der Waals surface area contributed by atoms with Crippen LogP contribution in [0.2, 0.25) is 0 Å². The quantitative estimate of drug-likeness (QED) is 0.832. The van der Waals surface area contributed by atoms with Crippen LogP contribution in [-0.4, -0.2) is 11.5 Å². The molecule has 0 aliphatic rings. The van der Waals surface area contributed by atoms with Crippen LogP contribution in [0.3, 0.4) is 0 Å². The molecule has 0 spiro atoms. The SMILES string of the molecule is CCC(CC)CC(O)c1ccc(OC(F)(F)F)cc1. The Labute approximate surface area is 111 Å². The maximum Gasteiger partial charge on any atom is 0.573 e. The maximum absolute atomic E-state index is 12.0. The second-order valence-corrected chi connectivity index (χ2v) is 4.55. The van der Waals surface area contributed by atoms with Crippen molar-refractivity contribution in [2.75, 3.05) is 0 Å². The Hall–Kier alpha value is -1.23. The zero-order valence-electron chi connectivity index (χ0n) is 11.1. The molecule has 1 N–H and O–H groups in total. The molecule has 1 aromatic rings. The van der Waals surface area contributed by atoms with Gasteiger partial charge in [-0.1, -0.05) is 38.8 Å². The van der Waals surface area contributed by atoms with Crippen molar-refractivity contribution in [3.8, 4) is 5.75 Å². The number of aliphatic hydroxyl groups excluding tert-OH is 1. The van der Waals surface area contributed by atoms with Gasteiger partial charge < -0.3 is 9.84 Å². The van der Waals surface area contributed by atoms with Crippen LogP contribution in [-0.2, 0) is 0 Å². The molecule has 5 heteroatoms. The fourth-order valence-corrected chi connectivity index (χ4v) is 1.97. The topological polar surface area (TPSA) is 29.5 Å². The van der Waals surface area contributed by atoms with Gasteiger partial charge in [0.25, 0.3) is 0 Å². The van der Waals surface area contributed by atoms with Crippen LogP contribution in [0.25, 0.3) is 0 Å². The first-order valence-corrected chi connectivity index (χ1v) is 6.39. The molecule has 0 aliphatic carbocycles. The zero-order chi connectivity index (χ0) is 14.5. The first-order chi connectivity index (χ1) is 8.85. The molecule has 19 heavy (non-hydrogen) atoms.